The van der Waals surface area contributed by atoms with E-state index in [9.17, 15) is 9.59 Å². The Labute approximate surface area is 207 Å². The summed E-state index contributed by atoms with van der Waals surface area (Å²) >= 11 is 0. The third-order valence-electron chi connectivity index (χ3n) is 7.20. The van der Waals surface area contributed by atoms with Crippen molar-refractivity contribution in [3.63, 3.8) is 0 Å². The largest absolute Gasteiger partial charge is 0.460 e. The molecule has 1 aliphatic heterocycles. The van der Waals surface area contributed by atoms with Gasteiger partial charge in [-0.1, -0.05) is 0 Å². The molecule has 4 heterocycles. The van der Waals surface area contributed by atoms with Crippen molar-refractivity contribution >= 4 is 28.3 Å². The van der Waals surface area contributed by atoms with Crippen LogP contribution in [0.3, 0.4) is 0 Å². The van der Waals surface area contributed by atoms with Crippen molar-refractivity contribution in [1.82, 2.24) is 19.8 Å². The highest BCUT2D eigenvalue weighted by Crippen LogP contribution is 2.35. The second kappa shape index (κ2) is 8.41. The summed E-state index contributed by atoms with van der Waals surface area (Å²) in [6, 6.07) is 9.60. The van der Waals surface area contributed by atoms with Gasteiger partial charge >= 0.3 is 0 Å². The molecule has 4 aromatic rings. The first-order valence-corrected chi connectivity index (χ1v) is 12.1. The van der Waals surface area contributed by atoms with Crippen molar-refractivity contribution in [2.45, 2.75) is 39.2 Å². The molecule has 1 N–H and O–H groups in total. The number of aryl methyl sites for hydroxylation is 2. The van der Waals surface area contributed by atoms with E-state index in [0.29, 0.717) is 52.6 Å². The number of nitrogens with zero attached hydrogens (tertiary/aromatic N) is 4. The first-order valence-electron chi connectivity index (χ1n) is 12.1. The zero-order valence-corrected chi connectivity index (χ0v) is 20.1. The van der Waals surface area contributed by atoms with E-state index in [1.54, 1.807) is 46.9 Å². The summed E-state index contributed by atoms with van der Waals surface area (Å²) < 4.78 is 13.8. The molecule has 9 heteroatoms. The van der Waals surface area contributed by atoms with Gasteiger partial charge in [0.15, 0.2) is 5.75 Å². The maximum absolute atomic E-state index is 13.0. The molecule has 2 aliphatic rings. The zero-order valence-electron chi connectivity index (χ0n) is 20.1. The number of nitriles is 1. The number of likely N-dealkylation sites (tertiary alicyclic amines) is 1. The maximum atomic E-state index is 13.0. The number of nitrogens with one attached hydrogen (secondary N) is 1. The third kappa shape index (κ3) is 3.57. The average molecular weight is 484 g/mol. The highest BCUT2D eigenvalue weighted by Gasteiger charge is 2.33. The van der Waals surface area contributed by atoms with Crippen LogP contribution in [0, 0.1) is 31.1 Å². The topological polar surface area (TPSA) is 113 Å². The molecule has 2 fully saturated rings. The number of hydrogen-bond acceptors (Lipinski definition) is 6. The van der Waals surface area contributed by atoms with Crippen LogP contribution >= 0.6 is 0 Å². The molecule has 9 nitrogen and oxygen atoms in total. The van der Waals surface area contributed by atoms with E-state index in [1.165, 1.54) is 0 Å². The standard InChI is InChI=1S/C27H25N5O4/c1-15-21(27(34)31-12-17(11-28)13-31)14-32-25(15)22(8-9-29-32)36-19-6-7-20-23(10-19)35-16(2)24(20)26(33)30-18-4-3-5-18/h6-10,14,17-18H,3-5,12-13H2,1-2H3,(H,30,33). The fraction of sp³-hybridized carbons (Fsp3) is 0.333. The molecule has 0 bridgehead atoms. The molecule has 0 unspecified atom stereocenters. The number of fused-ring (bicyclic) bond motifs is 2. The molecule has 2 amide bonds. The van der Waals surface area contributed by atoms with Gasteiger partial charge in [0, 0.05) is 42.8 Å². The number of furan rings is 1. The van der Waals surface area contributed by atoms with Crippen molar-refractivity contribution < 1.29 is 18.7 Å². The molecule has 182 valence electrons. The molecular formula is C27H25N5O4. The molecule has 6 rings (SSSR count). The van der Waals surface area contributed by atoms with Crippen LogP contribution < -0.4 is 10.1 Å². The van der Waals surface area contributed by atoms with Gasteiger partial charge in [-0.25, -0.2) is 4.52 Å². The summed E-state index contributed by atoms with van der Waals surface area (Å²) in [7, 11) is 0. The van der Waals surface area contributed by atoms with E-state index >= 15 is 0 Å². The van der Waals surface area contributed by atoms with Crippen molar-refractivity contribution in [1.29, 1.82) is 5.26 Å². The molecule has 0 spiro atoms. The maximum Gasteiger partial charge on any atom is 0.255 e. The summed E-state index contributed by atoms with van der Waals surface area (Å²) in [5.74, 6) is 1.34. The van der Waals surface area contributed by atoms with Crippen molar-refractivity contribution in [3.05, 3.63) is 59.1 Å². The normalized spacial score (nSPS) is 16.0. The first-order chi connectivity index (χ1) is 17.4. The van der Waals surface area contributed by atoms with Crippen LogP contribution in [0.2, 0.25) is 0 Å². The molecule has 1 aromatic carbocycles. The average Bonchev–Trinajstić information content (AvgIpc) is 3.31. The van der Waals surface area contributed by atoms with E-state index in [1.807, 2.05) is 13.0 Å². The highest BCUT2D eigenvalue weighted by molar-refractivity contribution is 6.07. The van der Waals surface area contributed by atoms with Crippen molar-refractivity contribution in [2.24, 2.45) is 5.92 Å². The molecule has 1 saturated heterocycles. The lowest BCUT2D eigenvalue weighted by Gasteiger charge is -2.35. The van der Waals surface area contributed by atoms with Crippen LogP contribution in [0.15, 0.2) is 41.1 Å². The van der Waals surface area contributed by atoms with Crippen LogP contribution in [0.5, 0.6) is 11.5 Å². The van der Waals surface area contributed by atoms with Crippen molar-refractivity contribution in [2.75, 3.05) is 13.1 Å². The van der Waals surface area contributed by atoms with Crippen LogP contribution in [0.25, 0.3) is 16.5 Å². The van der Waals surface area contributed by atoms with Gasteiger partial charge in [-0.3, -0.25) is 9.59 Å². The highest BCUT2D eigenvalue weighted by atomic mass is 16.5. The summed E-state index contributed by atoms with van der Waals surface area (Å²) in [6.07, 6.45) is 6.50. The van der Waals surface area contributed by atoms with E-state index in [4.69, 9.17) is 14.4 Å². The molecule has 0 radical (unpaired) electrons. The predicted molar refractivity (Wildman–Crippen MR) is 131 cm³/mol. The number of rotatable bonds is 5. The van der Waals surface area contributed by atoms with Gasteiger partial charge in [0.05, 0.1) is 29.3 Å². The summed E-state index contributed by atoms with van der Waals surface area (Å²) in [4.78, 5) is 27.4. The fourth-order valence-electron chi connectivity index (χ4n) is 4.90. The van der Waals surface area contributed by atoms with E-state index < -0.39 is 0 Å². The Balaban J connectivity index is 1.29. The third-order valence-corrected chi connectivity index (χ3v) is 7.20. The summed E-state index contributed by atoms with van der Waals surface area (Å²) in [6.45, 7) is 4.55. The van der Waals surface area contributed by atoms with Gasteiger partial charge in [-0.2, -0.15) is 10.4 Å². The number of ether oxygens (including phenoxy) is 1. The minimum atomic E-state index is -0.115. The molecule has 1 aliphatic carbocycles. The number of carbonyl (C=O) groups is 2. The van der Waals surface area contributed by atoms with Gasteiger partial charge in [-0.05, 0) is 50.8 Å². The second-order valence-electron chi connectivity index (χ2n) is 9.59. The SMILES string of the molecule is Cc1oc2cc(Oc3ccnn4cc(C(=O)N5CC(C#N)C5)c(C)c34)ccc2c1C(=O)NC1CCC1. The minimum Gasteiger partial charge on any atom is -0.460 e. The summed E-state index contributed by atoms with van der Waals surface area (Å²) in [5.41, 5.74) is 3.11. The van der Waals surface area contributed by atoms with Crippen LogP contribution in [-0.4, -0.2) is 45.5 Å². The molecular weight excluding hydrogens is 458 g/mol. The Morgan fingerprint density at radius 2 is 2.03 bits per heavy atom. The van der Waals surface area contributed by atoms with Crippen LogP contribution in [0.1, 0.15) is 51.3 Å². The van der Waals surface area contributed by atoms with Crippen LogP contribution in [-0.2, 0) is 0 Å². The van der Waals surface area contributed by atoms with Gasteiger partial charge in [0.25, 0.3) is 11.8 Å². The number of aromatic nitrogens is 2. The smallest absolute Gasteiger partial charge is 0.255 e. The van der Waals surface area contributed by atoms with E-state index in [-0.39, 0.29) is 23.8 Å². The van der Waals surface area contributed by atoms with Gasteiger partial charge in [-0.15, -0.1) is 0 Å². The Kier molecular flexibility index (Phi) is 5.18. The van der Waals surface area contributed by atoms with Crippen LogP contribution in [0.4, 0.5) is 0 Å². The van der Waals surface area contributed by atoms with Gasteiger partial charge < -0.3 is 19.4 Å². The number of amides is 2. The monoisotopic (exact) mass is 483 g/mol. The molecule has 0 atom stereocenters. The minimum absolute atomic E-state index is 0.103. The molecule has 1 saturated carbocycles. The number of carbonyl (C=O) groups excluding carboxylic acids is 2. The quantitative estimate of drug-likeness (QED) is 0.451. The van der Waals surface area contributed by atoms with E-state index in [2.05, 4.69) is 16.5 Å². The zero-order chi connectivity index (χ0) is 25.0. The lowest BCUT2D eigenvalue weighted by molar-refractivity contribution is 0.0576. The van der Waals surface area contributed by atoms with Gasteiger partial charge in [0.2, 0.25) is 0 Å². The Bertz CT molecular complexity index is 1570. The molecule has 36 heavy (non-hydrogen) atoms. The predicted octanol–water partition coefficient (Wildman–Crippen LogP) is 4.37. The van der Waals surface area contributed by atoms with E-state index in [0.717, 1.165) is 30.2 Å². The Morgan fingerprint density at radius 3 is 2.75 bits per heavy atom. The Hall–Kier alpha value is -4.32. The number of benzene rings is 1. The lowest BCUT2D eigenvalue weighted by Crippen LogP contribution is -2.49. The van der Waals surface area contributed by atoms with Gasteiger partial charge in [0.1, 0.15) is 22.6 Å². The lowest BCUT2D eigenvalue weighted by atomic mass is 9.93. The van der Waals surface area contributed by atoms with Crippen molar-refractivity contribution in [3.8, 4) is 17.6 Å². The fourth-order valence-corrected chi connectivity index (χ4v) is 4.90. The Morgan fingerprint density at radius 1 is 1.22 bits per heavy atom. The second-order valence-corrected chi connectivity index (χ2v) is 9.59. The first kappa shape index (κ1) is 22.2. The molecule has 3 aromatic heterocycles. The number of hydrogen-bond donors (Lipinski definition) is 1. The summed E-state index contributed by atoms with van der Waals surface area (Å²) in [5, 5.41) is 17.2.